The zero-order valence-corrected chi connectivity index (χ0v) is 18.4. The van der Waals surface area contributed by atoms with Gasteiger partial charge in [-0.1, -0.05) is 48.5 Å². The van der Waals surface area contributed by atoms with Gasteiger partial charge in [0.25, 0.3) is 5.91 Å². The number of fused-ring (bicyclic) bond motifs is 1. The van der Waals surface area contributed by atoms with E-state index in [4.69, 9.17) is 0 Å². The van der Waals surface area contributed by atoms with E-state index in [0.29, 0.717) is 5.56 Å². The number of aryl methyl sites for hydroxylation is 1. The van der Waals surface area contributed by atoms with Crippen molar-refractivity contribution < 1.29 is 9.35 Å². The molecule has 1 saturated carbocycles. The minimum Gasteiger partial charge on any atom is -0.592 e. The first kappa shape index (κ1) is 20.1. The van der Waals surface area contributed by atoms with E-state index in [1.165, 1.54) is 28.3 Å². The molecule has 0 aliphatic heterocycles. The molecule has 0 bridgehead atoms. The van der Waals surface area contributed by atoms with E-state index in [-0.39, 0.29) is 11.4 Å². The molecule has 0 saturated heterocycles. The number of carbonyl (C=O) groups is 1. The highest BCUT2D eigenvalue weighted by Crippen LogP contribution is 2.48. The molecular formula is C23H24N2O2S2. The Morgan fingerprint density at radius 2 is 1.86 bits per heavy atom. The Labute approximate surface area is 179 Å². The first-order valence-corrected chi connectivity index (χ1v) is 12.2. The summed E-state index contributed by atoms with van der Waals surface area (Å²) >= 11 is 0.213. The monoisotopic (exact) mass is 424 g/mol. The van der Waals surface area contributed by atoms with Crippen molar-refractivity contribution in [2.45, 2.75) is 25.3 Å². The molecule has 3 aromatic rings. The predicted octanol–water partition coefficient (Wildman–Crippen LogP) is 4.95. The summed E-state index contributed by atoms with van der Waals surface area (Å²) in [4.78, 5) is 13.3. The molecule has 1 atom stereocenters. The summed E-state index contributed by atoms with van der Waals surface area (Å²) in [6, 6.07) is 20.2. The minimum absolute atomic E-state index is 0.0854. The number of hydrogen-bond donors (Lipinski definition) is 1. The van der Waals surface area contributed by atoms with Crippen LogP contribution in [0.2, 0.25) is 0 Å². The highest BCUT2D eigenvalue weighted by Gasteiger charge is 2.46. The van der Waals surface area contributed by atoms with Crippen LogP contribution in [0.5, 0.6) is 0 Å². The first-order valence-electron chi connectivity index (χ1n) is 9.54. The Kier molecular flexibility index (Phi) is 5.51. The zero-order chi connectivity index (χ0) is 20.6. The third-order valence-corrected chi connectivity index (χ3v) is 7.78. The summed E-state index contributed by atoms with van der Waals surface area (Å²) in [5, 5.41) is 5.68. The third kappa shape index (κ3) is 3.84. The van der Waals surface area contributed by atoms with Gasteiger partial charge >= 0.3 is 0 Å². The van der Waals surface area contributed by atoms with E-state index in [1.54, 1.807) is 9.97 Å². The van der Waals surface area contributed by atoms with Crippen LogP contribution in [0, 0.1) is 6.92 Å². The van der Waals surface area contributed by atoms with E-state index in [2.05, 4.69) is 35.6 Å². The van der Waals surface area contributed by atoms with Crippen molar-refractivity contribution >= 4 is 45.7 Å². The standard InChI is InChI=1S/C23H24N2O2S2/c1-16-11-12-18(25(28-2)29(3)27)15-20(16)22(26)24-23(13-14-23)21-10-6-8-17-7-4-5-9-19(17)21/h4-12,15H,13-14H2,1-3H3,(H,24,26). The van der Waals surface area contributed by atoms with Crippen molar-refractivity contribution in [1.29, 1.82) is 0 Å². The van der Waals surface area contributed by atoms with Crippen LogP contribution in [0.3, 0.4) is 0 Å². The number of carbonyl (C=O) groups excluding carboxylic acids is 1. The number of benzene rings is 3. The van der Waals surface area contributed by atoms with Gasteiger partial charge in [-0.25, -0.2) is 0 Å². The predicted molar refractivity (Wildman–Crippen MR) is 124 cm³/mol. The van der Waals surface area contributed by atoms with Crippen molar-refractivity contribution in [3.63, 3.8) is 0 Å². The van der Waals surface area contributed by atoms with Gasteiger partial charge in [-0.3, -0.25) is 4.79 Å². The lowest BCUT2D eigenvalue weighted by Gasteiger charge is -2.23. The third-order valence-electron chi connectivity index (χ3n) is 5.48. The van der Waals surface area contributed by atoms with Gasteiger partial charge in [-0.05, 0) is 65.7 Å². The lowest BCUT2D eigenvalue weighted by molar-refractivity contribution is 0.0930. The minimum atomic E-state index is -1.17. The Bertz CT molecular complexity index is 1060. The van der Waals surface area contributed by atoms with Gasteiger partial charge in [0.15, 0.2) is 0 Å². The lowest BCUT2D eigenvalue weighted by Crippen LogP contribution is -2.35. The second kappa shape index (κ2) is 7.94. The number of nitrogens with one attached hydrogen (secondary N) is 1. The highest BCUT2D eigenvalue weighted by molar-refractivity contribution is 8.13. The average molecular weight is 425 g/mol. The second-order valence-corrected chi connectivity index (χ2v) is 9.60. The van der Waals surface area contributed by atoms with Crippen molar-refractivity contribution in [3.05, 3.63) is 77.4 Å². The summed E-state index contributed by atoms with van der Waals surface area (Å²) in [6.07, 6.45) is 5.37. The molecule has 1 N–H and O–H groups in total. The fraction of sp³-hybridized carbons (Fsp3) is 0.261. The van der Waals surface area contributed by atoms with E-state index in [9.17, 15) is 9.35 Å². The molecule has 0 aromatic heterocycles. The number of nitrogens with zero attached hydrogens (tertiary/aromatic N) is 1. The molecule has 1 amide bonds. The molecule has 0 heterocycles. The largest absolute Gasteiger partial charge is 0.592 e. The van der Waals surface area contributed by atoms with Crippen LogP contribution in [0.4, 0.5) is 5.69 Å². The molecule has 6 heteroatoms. The maximum atomic E-state index is 13.3. The Morgan fingerprint density at radius 3 is 2.55 bits per heavy atom. The summed E-state index contributed by atoms with van der Waals surface area (Å²) < 4.78 is 13.7. The molecule has 4 nitrogen and oxygen atoms in total. The lowest BCUT2D eigenvalue weighted by atomic mass is 9.96. The van der Waals surface area contributed by atoms with Gasteiger partial charge < -0.3 is 9.87 Å². The Hall–Kier alpha value is -2.15. The first-order chi connectivity index (χ1) is 13.9. The molecular weight excluding hydrogens is 400 g/mol. The molecule has 0 radical (unpaired) electrons. The van der Waals surface area contributed by atoms with Crippen LogP contribution >= 0.6 is 11.9 Å². The van der Waals surface area contributed by atoms with Crippen LogP contribution < -0.4 is 9.03 Å². The van der Waals surface area contributed by atoms with Crippen LogP contribution in [-0.4, -0.2) is 23.0 Å². The van der Waals surface area contributed by atoms with Gasteiger partial charge in [0.2, 0.25) is 0 Å². The van der Waals surface area contributed by atoms with Gasteiger partial charge in [0.05, 0.1) is 22.6 Å². The zero-order valence-electron chi connectivity index (χ0n) is 16.8. The van der Waals surface area contributed by atoms with Crippen molar-refractivity contribution in [2.24, 2.45) is 0 Å². The molecule has 1 unspecified atom stereocenters. The topological polar surface area (TPSA) is 55.4 Å². The molecule has 3 aromatic carbocycles. The Morgan fingerprint density at radius 1 is 1.14 bits per heavy atom. The maximum Gasteiger partial charge on any atom is 0.252 e. The van der Waals surface area contributed by atoms with Gasteiger partial charge in [0, 0.05) is 11.8 Å². The van der Waals surface area contributed by atoms with Crippen LogP contribution in [0.15, 0.2) is 60.7 Å². The smallest absolute Gasteiger partial charge is 0.252 e. The van der Waals surface area contributed by atoms with Gasteiger partial charge in [-0.15, -0.1) is 3.71 Å². The molecule has 1 aliphatic rings. The molecule has 29 heavy (non-hydrogen) atoms. The molecule has 0 spiro atoms. The highest BCUT2D eigenvalue weighted by atomic mass is 32.3. The van der Waals surface area contributed by atoms with Crippen LogP contribution in [0.1, 0.15) is 34.3 Å². The van der Waals surface area contributed by atoms with Gasteiger partial charge in [0.1, 0.15) is 6.26 Å². The maximum absolute atomic E-state index is 13.3. The van der Waals surface area contributed by atoms with E-state index >= 15 is 0 Å². The van der Waals surface area contributed by atoms with E-state index in [0.717, 1.165) is 24.1 Å². The molecule has 1 aliphatic carbocycles. The second-order valence-electron chi connectivity index (χ2n) is 7.43. The molecule has 150 valence electrons. The quantitative estimate of drug-likeness (QED) is 0.450. The summed E-state index contributed by atoms with van der Waals surface area (Å²) in [5.74, 6) is -0.0854. The summed E-state index contributed by atoms with van der Waals surface area (Å²) in [5.41, 5.74) is 3.16. The van der Waals surface area contributed by atoms with E-state index < -0.39 is 11.4 Å². The van der Waals surface area contributed by atoms with Crippen molar-refractivity contribution in [1.82, 2.24) is 5.32 Å². The number of amides is 1. The molecule has 4 rings (SSSR count). The number of anilines is 1. The average Bonchev–Trinajstić information content (AvgIpc) is 3.49. The number of rotatable bonds is 6. The normalized spacial score (nSPS) is 15.7. The van der Waals surface area contributed by atoms with Crippen molar-refractivity contribution in [2.75, 3.05) is 16.2 Å². The fourth-order valence-corrected chi connectivity index (χ4v) is 5.42. The SMILES string of the molecule is CSN(c1ccc(C)c(C(=O)NC2(c3cccc4ccccc34)CC2)c1)[S+](C)[O-]. The summed E-state index contributed by atoms with van der Waals surface area (Å²) in [7, 11) is 0. The van der Waals surface area contributed by atoms with Crippen LogP contribution in [-0.2, 0) is 16.9 Å². The Balaban J connectivity index is 1.66. The van der Waals surface area contributed by atoms with E-state index in [1.807, 2.05) is 43.5 Å². The molecule has 1 fully saturated rings. The number of hydrogen-bond acceptors (Lipinski definition) is 4. The van der Waals surface area contributed by atoms with Crippen molar-refractivity contribution in [3.8, 4) is 0 Å². The summed E-state index contributed by atoms with van der Waals surface area (Å²) in [6.45, 7) is 1.93. The fourth-order valence-electron chi connectivity index (χ4n) is 3.84. The van der Waals surface area contributed by atoms with Gasteiger partial charge in [-0.2, -0.15) is 0 Å². The van der Waals surface area contributed by atoms with Crippen LogP contribution in [0.25, 0.3) is 10.8 Å².